The number of nitrogens with zero attached hydrogens (tertiary/aromatic N) is 1. The highest BCUT2D eigenvalue weighted by molar-refractivity contribution is 6.30. The number of carboxylic acid groups (broad SMARTS) is 2. The molecule has 0 N–H and O–H groups in total. The minimum atomic E-state index is -1.63. The summed E-state index contributed by atoms with van der Waals surface area (Å²) in [5.74, 6) is -0.378. The van der Waals surface area contributed by atoms with E-state index >= 15 is 0 Å². The topological polar surface area (TPSA) is 92.7 Å². The predicted molar refractivity (Wildman–Crippen MR) is 95.6 cm³/mol. The van der Waals surface area contributed by atoms with Gasteiger partial charge in [-0.15, -0.1) is 0 Å². The summed E-state index contributed by atoms with van der Waals surface area (Å²) in [5.41, 5.74) is 2.55. The van der Waals surface area contributed by atoms with Crippen LogP contribution in [-0.2, 0) is 9.59 Å². The fraction of sp³-hybridized carbons (Fsp3) is 0.300. The van der Waals surface area contributed by atoms with Crippen LogP contribution in [0.15, 0.2) is 42.5 Å². The van der Waals surface area contributed by atoms with Crippen molar-refractivity contribution < 1.29 is 24.5 Å². The van der Waals surface area contributed by atoms with Crippen LogP contribution in [0.25, 0.3) is 0 Å². The molecule has 142 valence electrons. The van der Waals surface area contributed by atoms with Crippen LogP contribution < -0.4 is 14.9 Å². The van der Waals surface area contributed by atoms with Crippen molar-refractivity contribution in [3.05, 3.63) is 58.6 Å². The second-order valence-corrected chi connectivity index (χ2v) is 7.11. The quantitative estimate of drug-likeness (QED) is 0.717. The van der Waals surface area contributed by atoms with E-state index in [0.717, 1.165) is 29.6 Å². The normalized spacial score (nSPS) is 20.1. The smallest absolute Gasteiger partial charge is 0.131 e. The summed E-state index contributed by atoms with van der Waals surface area (Å²) in [6.07, 6.45) is -1.03. The minimum Gasteiger partial charge on any atom is -0.550 e. The Labute approximate surface area is 161 Å². The number of carboxylic acids is 2. The number of hydrogen-bond acceptors (Lipinski definition) is 6. The van der Waals surface area contributed by atoms with E-state index in [4.69, 9.17) is 16.3 Å². The van der Waals surface area contributed by atoms with Crippen LogP contribution in [-0.4, -0.2) is 37.0 Å². The zero-order valence-electron chi connectivity index (χ0n) is 14.7. The number of hydrogen-bond donors (Lipinski definition) is 0. The first-order chi connectivity index (χ1) is 12.8. The van der Waals surface area contributed by atoms with Crippen molar-refractivity contribution in [2.45, 2.75) is 18.3 Å². The van der Waals surface area contributed by atoms with Gasteiger partial charge in [0.15, 0.2) is 0 Å². The van der Waals surface area contributed by atoms with Crippen LogP contribution in [0.5, 0.6) is 11.5 Å². The number of ether oxygens (including phenoxy) is 1. The molecule has 0 aliphatic carbocycles. The molecule has 2 aromatic carbocycles. The third kappa shape index (κ3) is 4.40. The van der Waals surface area contributed by atoms with Crippen LogP contribution in [0.3, 0.4) is 0 Å². The molecule has 2 atom stereocenters. The number of para-hydroxylation sites is 1. The monoisotopic (exact) mass is 387 g/mol. The SMILES string of the molecule is CN1CC2c3ccccc3Oc3ccc(Cl)cc3C2C1.O=C([O-])CC(=O)[O-]. The van der Waals surface area contributed by atoms with E-state index in [1.54, 1.807) is 0 Å². The molecular weight excluding hydrogens is 370 g/mol. The van der Waals surface area contributed by atoms with Crippen LogP contribution >= 0.6 is 11.6 Å². The number of rotatable bonds is 2. The molecule has 0 saturated carbocycles. The Bertz CT molecular complexity index is 857. The first-order valence-corrected chi connectivity index (χ1v) is 8.87. The summed E-state index contributed by atoms with van der Waals surface area (Å²) in [6.45, 7) is 2.12. The molecule has 0 spiro atoms. The van der Waals surface area contributed by atoms with E-state index in [2.05, 4.69) is 36.2 Å². The fourth-order valence-corrected chi connectivity index (χ4v) is 3.83. The summed E-state index contributed by atoms with van der Waals surface area (Å²) in [6, 6.07) is 14.4. The first-order valence-electron chi connectivity index (χ1n) is 8.49. The molecule has 1 saturated heterocycles. The zero-order valence-corrected chi connectivity index (χ0v) is 15.4. The molecule has 27 heavy (non-hydrogen) atoms. The maximum Gasteiger partial charge on any atom is 0.131 e. The van der Waals surface area contributed by atoms with Gasteiger partial charge in [-0.2, -0.15) is 0 Å². The zero-order chi connectivity index (χ0) is 19.6. The summed E-state index contributed by atoms with van der Waals surface area (Å²) in [7, 11) is 2.18. The Morgan fingerprint density at radius 2 is 1.63 bits per heavy atom. The molecule has 2 unspecified atom stereocenters. The Morgan fingerprint density at radius 3 is 2.26 bits per heavy atom. The van der Waals surface area contributed by atoms with Gasteiger partial charge in [0.25, 0.3) is 0 Å². The average Bonchev–Trinajstić information content (AvgIpc) is 2.92. The van der Waals surface area contributed by atoms with Gasteiger partial charge >= 0.3 is 0 Å². The Balaban J connectivity index is 0.000000260. The van der Waals surface area contributed by atoms with Crippen LogP contribution in [0, 0.1) is 0 Å². The fourth-order valence-electron chi connectivity index (χ4n) is 3.65. The molecule has 4 rings (SSSR count). The summed E-state index contributed by atoms with van der Waals surface area (Å²) < 4.78 is 6.15. The molecule has 0 aromatic heterocycles. The van der Waals surface area contributed by atoms with E-state index in [1.165, 1.54) is 11.1 Å². The third-order valence-corrected chi connectivity index (χ3v) is 4.94. The number of benzene rings is 2. The maximum absolute atomic E-state index is 9.28. The summed E-state index contributed by atoms with van der Waals surface area (Å²) in [4.78, 5) is 20.9. The molecular formula is C20H18ClNO5-2. The molecule has 2 aliphatic heterocycles. The maximum atomic E-state index is 9.28. The Kier molecular flexibility index (Phi) is 5.68. The van der Waals surface area contributed by atoms with E-state index in [1.807, 2.05) is 18.2 Å². The van der Waals surface area contributed by atoms with Gasteiger partial charge in [-0.05, 0) is 36.9 Å². The van der Waals surface area contributed by atoms with Gasteiger partial charge in [0.05, 0.1) is 0 Å². The minimum absolute atomic E-state index is 0.456. The van der Waals surface area contributed by atoms with E-state index in [9.17, 15) is 19.8 Å². The van der Waals surface area contributed by atoms with Crippen LogP contribution in [0.1, 0.15) is 29.4 Å². The van der Waals surface area contributed by atoms with Crippen molar-refractivity contribution in [3.63, 3.8) is 0 Å². The lowest BCUT2D eigenvalue weighted by Crippen LogP contribution is -2.32. The highest BCUT2D eigenvalue weighted by Gasteiger charge is 2.38. The lowest BCUT2D eigenvalue weighted by atomic mass is 9.84. The number of carbonyl (C=O) groups is 2. The predicted octanol–water partition coefficient (Wildman–Crippen LogP) is 1.13. The van der Waals surface area contributed by atoms with Crippen molar-refractivity contribution in [2.24, 2.45) is 0 Å². The number of fused-ring (bicyclic) bond motifs is 5. The second-order valence-electron chi connectivity index (χ2n) is 6.68. The van der Waals surface area contributed by atoms with E-state index < -0.39 is 18.4 Å². The number of likely N-dealkylation sites (tertiary alicyclic amines) is 1. The number of carbonyl (C=O) groups excluding carboxylic acids is 2. The standard InChI is InChI=1S/C17H16ClNO.C3H4O4/c1-19-9-14-12-4-2-3-5-16(12)20-17-7-6-11(18)8-13(17)15(14)10-19;4-2(5)1-3(6)7/h2-8,14-15H,9-10H2,1H3;1H2,(H,4,5)(H,6,7)/p-2. The highest BCUT2D eigenvalue weighted by atomic mass is 35.5. The van der Waals surface area contributed by atoms with E-state index in [-0.39, 0.29) is 0 Å². The molecule has 1 fully saturated rings. The van der Waals surface area contributed by atoms with Crippen molar-refractivity contribution >= 4 is 23.5 Å². The van der Waals surface area contributed by atoms with Gasteiger partial charge in [-0.25, -0.2) is 0 Å². The molecule has 2 aliphatic rings. The molecule has 2 aromatic rings. The van der Waals surface area contributed by atoms with Gasteiger partial charge in [0, 0.05) is 53.9 Å². The second kappa shape index (κ2) is 7.98. The number of likely N-dealkylation sites (N-methyl/N-ethyl adjacent to an activating group) is 1. The summed E-state index contributed by atoms with van der Waals surface area (Å²) in [5, 5.41) is 19.3. The lowest BCUT2D eigenvalue weighted by molar-refractivity contribution is -0.322. The molecule has 0 amide bonds. The number of aliphatic carboxylic acids is 2. The van der Waals surface area contributed by atoms with Gasteiger partial charge < -0.3 is 29.4 Å². The molecule has 6 nitrogen and oxygen atoms in total. The third-order valence-electron chi connectivity index (χ3n) is 4.70. The Morgan fingerprint density at radius 1 is 1.04 bits per heavy atom. The van der Waals surface area contributed by atoms with Gasteiger partial charge in [0.1, 0.15) is 11.5 Å². The number of halogens is 1. The molecule has 7 heteroatoms. The largest absolute Gasteiger partial charge is 0.550 e. The first kappa shape index (κ1) is 19.2. The van der Waals surface area contributed by atoms with Crippen LogP contribution in [0.2, 0.25) is 5.02 Å². The van der Waals surface area contributed by atoms with Crippen molar-refractivity contribution in [2.75, 3.05) is 20.1 Å². The Hall–Kier alpha value is -2.57. The summed E-state index contributed by atoms with van der Waals surface area (Å²) >= 11 is 6.20. The molecule has 0 radical (unpaired) electrons. The molecule has 0 bridgehead atoms. The highest BCUT2D eigenvalue weighted by Crippen LogP contribution is 2.49. The van der Waals surface area contributed by atoms with Crippen molar-refractivity contribution in [3.8, 4) is 11.5 Å². The average molecular weight is 388 g/mol. The molecule has 2 heterocycles. The van der Waals surface area contributed by atoms with Gasteiger partial charge in [-0.3, -0.25) is 0 Å². The van der Waals surface area contributed by atoms with Crippen molar-refractivity contribution in [1.29, 1.82) is 0 Å². The van der Waals surface area contributed by atoms with Gasteiger partial charge in [0.2, 0.25) is 0 Å². The van der Waals surface area contributed by atoms with Gasteiger partial charge in [-0.1, -0.05) is 29.8 Å². The van der Waals surface area contributed by atoms with E-state index in [0.29, 0.717) is 11.8 Å². The van der Waals surface area contributed by atoms with Crippen molar-refractivity contribution in [1.82, 2.24) is 4.90 Å². The van der Waals surface area contributed by atoms with Crippen LogP contribution in [0.4, 0.5) is 0 Å². The lowest BCUT2D eigenvalue weighted by Gasteiger charge is -2.17.